The summed E-state index contributed by atoms with van der Waals surface area (Å²) in [6.07, 6.45) is 2.80. The Balaban J connectivity index is 1.26. The Hall–Kier alpha value is -3.61. The summed E-state index contributed by atoms with van der Waals surface area (Å²) in [5.74, 6) is -1.06. The first-order valence-electron chi connectivity index (χ1n) is 10.5. The van der Waals surface area contributed by atoms with E-state index in [1.165, 1.54) is 0 Å². The second kappa shape index (κ2) is 9.04. The predicted octanol–water partition coefficient (Wildman–Crippen LogP) is 2.38. The molecule has 7 heteroatoms. The van der Waals surface area contributed by atoms with E-state index in [0.29, 0.717) is 19.5 Å². The van der Waals surface area contributed by atoms with Gasteiger partial charge in [-0.15, -0.1) is 0 Å². The molecule has 1 aliphatic rings. The SMILES string of the molecule is C[C@H](NC(=O)C1CC(=O)N(c2ccccc2)C1)C(=O)NCCc1c[nH]c2ccccc12. The normalized spacial score (nSPS) is 17.0. The zero-order valence-electron chi connectivity index (χ0n) is 17.4. The number of fused-ring (bicyclic) bond motifs is 1. The molecule has 3 N–H and O–H groups in total. The van der Waals surface area contributed by atoms with Crippen LogP contribution in [0.2, 0.25) is 0 Å². The molecule has 7 nitrogen and oxygen atoms in total. The first kappa shape index (κ1) is 20.7. The lowest BCUT2D eigenvalue weighted by Crippen LogP contribution is -2.47. The third kappa shape index (κ3) is 4.60. The van der Waals surface area contributed by atoms with Gasteiger partial charge < -0.3 is 20.5 Å². The number of carbonyl (C=O) groups excluding carboxylic acids is 3. The summed E-state index contributed by atoms with van der Waals surface area (Å²) in [7, 11) is 0. The van der Waals surface area contributed by atoms with E-state index in [2.05, 4.69) is 15.6 Å². The largest absolute Gasteiger partial charge is 0.361 e. The van der Waals surface area contributed by atoms with Crippen molar-refractivity contribution in [2.45, 2.75) is 25.8 Å². The molecule has 0 saturated carbocycles. The van der Waals surface area contributed by atoms with Crippen molar-refractivity contribution in [3.63, 3.8) is 0 Å². The lowest BCUT2D eigenvalue weighted by molar-refractivity contribution is -0.130. The maximum atomic E-state index is 12.6. The Labute approximate surface area is 180 Å². The lowest BCUT2D eigenvalue weighted by Gasteiger charge is -2.18. The number of hydrogen-bond donors (Lipinski definition) is 3. The molecule has 1 fully saturated rings. The molecule has 160 valence electrons. The van der Waals surface area contributed by atoms with Gasteiger partial charge in [-0.1, -0.05) is 36.4 Å². The van der Waals surface area contributed by atoms with E-state index in [1.54, 1.807) is 11.8 Å². The number of H-pyrrole nitrogens is 1. The van der Waals surface area contributed by atoms with Crippen molar-refractivity contribution in [1.29, 1.82) is 0 Å². The maximum absolute atomic E-state index is 12.6. The molecule has 1 aliphatic heterocycles. The van der Waals surface area contributed by atoms with Crippen LogP contribution >= 0.6 is 0 Å². The van der Waals surface area contributed by atoms with Crippen LogP contribution in [0.3, 0.4) is 0 Å². The van der Waals surface area contributed by atoms with Crippen LogP contribution in [0.15, 0.2) is 60.8 Å². The van der Waals surface area contributed by atoms with Crippen molar-refractivity contribution in [1.82, 2.24) is 15.6 Å². The van der Waals surface area contributed by atoms with Gasteiger partial charge >= 0.3 is 0 Å². The Morgan fingerprint density at radius 2 is 1.87 bits per heavy atom. The number of carbonyl (C=O) groups is 3. The maximum Gasteiger partial charge on any atom is 0.242 e. The molecule has 4 rings (SSSR count). The average molecular weight is 418 g/mol. The minimum Gasteiger partial charge on any atom is -0.361 e. The lowest BCUT2D eigenvalue weighted by atomic mass is 10.1. The van der Waals surface area contributed by atoms with Crippen LogP contribution in [0.5, 0.6) is 0 Å². The molecule has 2 heterocycles. The van der Waals surface area contributed by atoms with Crippen molar-refractivity contribution in [2.24, 2.45) is 5.92 Å². The number of hydrogen-bond acceptors (Lipinski definition) is 3. The first-order valence-corrected chi connectivity index (χ1v) is 10.5. The monoisotopic (exact) mass is 418 g/mol. The number of rotatable bonds is 7. The molecule has 0 radical (unpaired) electrons. The molecule has 0 aliphatic carbocycles. The molecule has 0 spiro atoms. The van der Waals surface area contributed by atoms with E-state index in [4.69, 9.17) is 0 Å². The van der Waals surface area contributed by atoms with Gasteiger partial charge in [-0.2, -0.15) is 0 Å². The second-order valence-electron chi connectivity index (χ2n) is 7.87. The Morgan fingerprint density at radius 1 is 1.13 bits per heavy atom. The predicted molar refractivity (Wildman–Crippen MR) is 120 cm³/mol. The van der Waals surface area contributed by atoms with Crippen molar-refractivity contribution in [2.75, 3.05) is 18.0 Å². The Kier molecular flexibility index (Phi) is 6.02. The molecular weight excluding hydrogens is 392 g/mol. The summed E-state index contributed by atoms with van der Waals surface area (Å²) in [6.45, 7) is 2.46. The average Bonchev–Trinajstić information content (AvgIpc) is 3.38. The summed E-state index contributed by atoms with van der Waals surface area (Å²) in [5.41, 5.74) is 2.99. The van der Waals surface area contributed by atoms with Crippen LogP contribution in [0.25, 0.3) is 10.9 Å². The van der Waals surface area contributed by atoms with Crippen LogP contribution in [-0.2, 0) is 20.8 Å². The fourth-order valence-electron chi connectivity index (χ4n) is 3.95. The quantitative estimate of drug-likeness (QED) is 0.550. The van der Waals surface area contributed by atoms with Gasteiger partial charge in [-0.25, -0.2) is 0 Å². The number of amides is 3. The first-order chi connectivity index (χ1) is 15.0. The molecule has 0 bridgehead atoms. The molecular formula is C24H26N4O3. The fraction of sp³-hybridized carbons (Fsp3) is 0.292. The highest BCUT2D eigenvalue weighted by atomic mass is 16.2. The summed E-state index contributed by atoms with van der Waals surface area (Å²) >= 11 is 0. The summed E-state index contributed by atoms with van der Waals surface area (Å²) in [5, 5.41) is 6.78. The number of aromatic nitrogens is 1. The summed E-state index contributed by atoms with van der Waals surface area (Å²) in [6, 6.07) is 16.7. The van der Waals surface area contributed by atoms with Crippen LogP contribution in [0.4, 0.5) is 5.69 Å². The van der Waals surface area contributed by atoms with Gasteiger partial charge in [-0.05, 0) is 37.1 Å². The zero-order valence-corrected chi connectivity index (χ0v) is 17.4. The molecule has 1 saturated heterocycles. The standard InChI is InChI=1S/C24H26N4O3/c1-16(23(30)25-12-11-17-14-26-21-10-6-5-9-20(17)21)27-24(31)18-13-22(29)28(15-18)19-7-3-2-4-8-19/h2-10,14,16,18,26H,11-13,15H2,1H3,(H,25,30)(H,27,31)/t16-,18?/m0/s1. The Bertz CT molecular complexity index is 1090. The number of nitrogens with one attached hydrogen (secondary N) is 3. The van der Waals surface area contributed by atoms with E-state index in [1.807, 2.05) is 60.8 Å². The minimum absolute atomic E-state index is 0.0813. The van der Waals surface area contributed by atoms with Gasteiger partial charge in [0.05, 0.1) is 5.92 Å². The molecule has 2 atom stereocenters. The number of anilines is 1. The Morgan fingerprint density at radius 3 is 2.68 bits per heavy atom. The summed E-state index contributed by atoms with van der Waals surface area (Å²) in [4.78, 5) is 42.2. The third-order valence-corrected chi connectivity index (χ3v) is 5.68. The van der Waals surface area contributed by atoms with E-state index < -0.39 is 12.0 Å². The highest BCUT2D eigenvalue weighted by Gasteiger charge is 2.35. The van der Waals surface area contributed by atoms with Gasteiger partial charge in [0.1, 0.15) is 6.04 Å². The van der Waals surface area contributed by atoms with Crippen LogP contribution in [-0.4, -0.2) is 41.8 Å². The minimum atomic E-state index is -0.670. The molecule has 1 aromatic heterocycles. The van der Waals surface area contributed by atoms with Crippen molar-refractivity contribution in [3.05, 3.63) is 66.4 Å². The molecule has 1 unspecified atom stereocenters. The van der Waals surface area contributed by atoms with E-state index >= 15 is 0 Å². The highest BCUT2D eigenvalue weighted by molar-refractivity contribution is 6.01. The molecule has 3 aromatic rings. The molecule has 31 heavy (non-hydrogen) atoms. The van der Waals surface area contributed by atoms with Crippen molar-refractivity contribution < 1.29 is 14.4 Å². The number of aromatic amines is 1. The topological polar surface area (TPSA) is 94.3 Å². The van der Waals surface area contributed by atoms with E-state index in [9.17, 15) is 14.4 Å². The molecule has 3 amide bonds. The van der Waals surface area contributed by atoms with E-state index in [0.717, 1.165) is 22.2 Å². The number of benzene rings is 2. The van der Waals surface area contributed by atoms with Crippen LogP contribution < -0.4 is 15.5 Å². The van der Waals surface area contributed by atoms with Crippen molar-refractivity contribution in [3.8, 4) is 0 Å². The third-order valence-electron chi connectivity index (χ3n) is 5.68. The van der Waals surface area contributed by atoms with Crippen LogP contribution in [0.1, 0.15) is 18.9 Å². The number of nitrogens with zero attached hydrogens (tertiary/aromatic N) is 1. The summed E-state index contributed by atoms with van der Waals surface area (Å²) < 4.78 is 0. The van der Waals surface area contributed by atoms with Gasteiger partial charge in [0.15, 0.2) is 0 Å². The van der Waals surface area contributed by atoms with Crippen molar-refractivity contribution >= 4 is 34.3 Å². The van der Waals surface area contributed by atoms with E-state index in [-0.39, 0.29) is 24.1 Å². The second-order valence-corrected chi connectivity index (χ2v) is 7.87. The zero-order chi connectivity index (χ0) is 21.8. The van der Waals surface area contributed by atoms with Gasteiger partial charge in [-0.3, -0.25) is 14.4 Å². The number of para-hydroxylation sites is 2. The van der Waals surface area contributed by atoms with Gasteiger partial charge in [0.2, 0.25) is 17.7 Å². The van der Waals surface area contributed by atoms with Crippen LogP contribution in [0, 0.1) is 5.92 Å². The highest BCUT2D eigenvalue weighted by Crippen LogP contribution is 2.25. The molecule has 2 aromatic carbocycles. The smallest absolute Gasteiger partial charge is 0.242 e. The van der Waals surface area contributed by atoms with Gasteiger partial charge in [0.25, 0.3) is 0 Å². The fourth-order valence-corrected chi connectivity index (χ4v) is 3.95. The van der Waals surface area contributed by atoms with Gasteiger partial charge in [0, 0.05) is 42.3 Å².